The van der Waals surface area contributed by atoms with Gasteiger partial charge in [-0.05, 0) is 43.5 Å². The van der Waals surface area contributed by atoms with E-state index in [1.807, 2.05) is 42.1 Å². The Kier molecular flexibility index (Phi) is 6.41. The zero-order chi connectivity index (χ0) is 19.5. The fourth-order valence-corrected chi connectivity index (χ4v) is 5.34. The maximum absolute atomic E-state index is 14.0. The van der Waals surface area contributed by atoms with E-state index in [0.717, 1.165) is 30.6 Å². The van der Waals surface area contributed by atoms with Gasteiger partial charge in [-0.3, -0.25) is 9.69 Å². The largest absolute Gasteiger partial charge is 0.404 e. The summed E-state index contributed by atoms with van der Waals surface area (Å²) in [6.07, 6.45) is -2.21. The lowest BCUT2D eigenvalue weighted by Crippen LogP contribution is -2.54. The minimum Gasteiger partial charge on any atom is -0.353 e. The third-order valence-corrected chi connectivity index (χ3v) is 6.93. The predicted molar refractivity (Wildman–Crippen MR) is 103 cm³/mol. The summed E-state index contributed by atoms with van der Waals surface area (Å²) >= 11 is 1.83. The van der Waals surface area contributed by atoms with Crippen molar-refractivity contribution < 1.29 is 18.0 Å². The van der Waals surface area contributed by atoms with E-state index < -0.39 is 17.5 Å². The SMILES string of the molecule is CCS[C@@H]1CC[C@H](NC(=O)[C@]2(C(F)(F)F)CCN(Cc3ccccc3)C2)C1. The van der Waals surface area contributed by atoms with Gasteiger partial charge in [-0.15, -0.1) is 0 Å². The van der Waals surface area contributed by atoms with Gasteiger partial charge in [0, 0.05) is 24.4 Å². The van der Waals surface area contributed by atoms with E-state index in [2.05, 4.69) is 12.2 Å². The molecule has 7 heteroatoms. The van der Waals surface area contributed by atoms with Crippen LogP contribution >= 0.6 is 11.8 Å². The second-order valence-corrected chi connectivity index (χ2v) is 9.16. The first kappa shape index (κ1) is 20.5. The molecule has 1 heterocycles. The number of amides is 1. The van der Waals surface area contributed by atoms with Crippen molar-refractivity contribution in [3.05, 3.63) is 35.9 Å². The van der Waals surface area contributed by atoms with Crippen LogP contribution in [0.15, 0.2) is 30.3 Å². The summed E-state index contributed by atoms with van der Waals surface area (Å²) in [5, 5.41) is 3.19. The van der Waals surface area contributed by atoms with Crippen LogP contribution in [0, 0.1) is 5.41 Å². The fourth-order valence-electron chi connectivity index (χ4n) is 4.19. The Morgan fingerprint density at radius 2 is 2.04 bits per heavy atom. The van der Waals surface area contributed by atoms with Crippen molar-refractivity contribution in [2.24, 2.45) is 5.41 Å². The molecule has 1 amide bonds. The Labute approximate surface area is 163 Å². The highest BCUT2D eigenvalue weighted by atomic mass is 32.2. The monoisotopic (exact) mass is 400 g/mol. The molecule has 0 aromatic heterocycles. The number of benzene rings is 1. The fraction of sp³-hybridized carbons (Fsp3) is 0.650. The van der Waals surface area contributed by atoms with Gasteiger partial charge in [-0.1, -0.05) is 37.3 Å². The van der Waals surface area contributed by atoms with Crippen LogP contribution in [-0.2, 0) is 11.3 Å². The van der Waals surface area contributed by atoms with Crippen molar-refractivity contribution in [2.75, 3.05) is 18.8 Å². The summed E-state index contributed by atoms with van der Waals surface area (Å²) in [5.41, 5.74) is -1.33. The number of thioether (sulfide) groups is 1. The summed E-state index contributed by atoms with van der Waals surface area (Å²) in [5.74, 6) is 0.157. The molecule has 1 N–H and O–H groups in total. The molecule has 0 bridgehead atoms. The third kappa shape index (κ3) is 4.62. The van der Waals surface area contributed by atoms with Gasteiger partial charge in [0.15, 0.2) is 5.41 Å². The number of alkyl halides is 3. The first-order valence-corrected chi connectivity index (χ1v) is 10.6. The average Bonchev–Trinajstić information content (AvgIpc) is 3.23. The molecule has 0 spiro atoms. The molecule has 1 aliphatic heterocycles. The second-order valence-electron chi connectivity index (χ2n) is 7.59. The van der Waals surface area contributed by atoms with Gasteiger partial charge in [-0.25, -0.2) is 0 Å². The summed E-state index contributed by atoms with van der Waals surface area (Å²) < 4.78 is 41.9. The molecule has 1 aromatic carbocycles. The van der Waals surface area contributed by atoms with Gasteiger partial charge in [-0.2, -0.15) is 24.9 Å². The summed E-state index contributed by atoms with van der Waals surface area (Å²) in [7, 11) is 0. The number of hydrogen-bond acceptors (Lipinski definition) is 3. The van der Waals surface area contributed by atoms with Gasteiger partial charge in [0.05, 0.1) is 0 Å². The van der Waals surface area contributed by atoms with Gasteiger partial charge >= 0.3 is 6.18 Å². The molecule has 1 aromatic rings. The van der Waals surface area contributed by atoms with Gasteiger partial charge in [0.25, 0.3) is 0 Å². The highest BCUT2D eigenvalue weighted by Gasteiger charge is 2.63. The van der Waals surface area contributed by atoms with Crippen molar-refractivity contribution in [3.63, 3.8) is 0 Å². The number of nitrogens with one attached hydrogen (secondary N) is 1. The molecule has 3 rings (SSSR count). The maximum atomic E-state index is 14.0. The maximum Gasteiger partial charge on any atom is 0.404 e. The van der Waals surface area contributed by atoms with Gasteiger partial charge < -0.3 is 5.32 Å². The van der Waals surface area contributed by atoms with Crippen LogP contribution in [0.2, 0.25) is 0 Å². The van der Waals surface area contributed by atoms with E-state index in [9.17, 15) is 18.0 Å². The lowest BCUT2D eigenvalue weighted by atomic mass is 9.84. The molecule has 1 saturated heterocycles. The average molecular weight is 401 g/mol. The number of nitrogens with zero attached hydrogens (tertiary/aromatic N) is 1. The van der Waals surface area contributed by atoms with Crippen molar-refractivity contribution >= 4 is 17.7 Å². The van der Waals surface area contributed by atoms with Crippen LogP contribution in [0.5, 0.6) is 0 Å². The van der Waals surface area contributed by atoms with E-state index in [1.165, 1.54) is 0 Å². The Morgan fingerprint density at radius 1 is 1.30 bits per heavy atom. The highest BCUT2D eigenvalue weighted by Crippen LogP contribution is 2.46. The van der Waals surface area contributed by atoms with Crippen LogP contribution in [0.3, 0.4) is 0 Å². The number of carbonyl (C=O) groups excluding carboxylic acids is 1. The number of carbonyl (C=O) groups is 1. The van der Waals surface area contributed by atoms with Gasteiger partial charge in [0.2, 0.25) is 5.91 Å². The van der Waals surface area contributed by atoms with Crippen LogP contribution in [-0.4, -0.2) is 47.1 Å². The molecule has 0 radical (unpaired) electrons. The predicted octanol–water partition coefficient (Wildman–Crippen LogP) is 4.23. The molecule has 0 unspecified atom stereocenters. The van der Waals surface area contributed by atoms with Crippen LogP contribution in [0.1, 0.15) is 38.2 Å². The van der Waals surface area contributed by atoms with E-state index in [-0.39, 0.29) is 25.6 Å². The number of likely N-dealkylation sites (tertiary alicyclic amines) is 1. The molecular formula is C20H27F3N2OS. The highest BCUT2D eigenvalue weighted by molar-refractivity contribution is 7.99. The molecule has 150 valence electrons. The molecular weight excluding hydrogens is 373 g/mol. The van der Waals surface area contributed by atoms with Gasteiger partial charge in [0.1, 0.15) is 0 Å². The summed E-state index contributed by atoms with van der Waals surface area (Å²) in [6.45, 7) is 2.53. The normalized spacial score (nSPS) is 29.2. The third-order valence-electron chi connectivity index (χ3n) is 5.70. The smallest absolute Gasteiger partial charge is 0.353 e. The molecule has 27 heavy (non-hydrogen) atoms. The van der Waals surface area contributed by atoms with E-state index in [4.69, 9.17) is 0 Å². The number of rotatable bonds is 6. The number of halogens is 3. The van der Waals surface area contributed by atoms with E-state index in [1.54, 1.807) is 4.90 Å². The van der Waals surface area contributed by atoms with Crippen LogP contribution in [0.25, 0.3) is 0 Å². The van der Waals surface area contributed by atoms with Crippen LogP contribution < -0.4 is 5.32 Å². The minimum atomic E-state index is -4.54. The van der Waals surface area contributed by atoms with E-state index >= 15 is 0 Å². The standard InChI is InChI=1S/C20H27F3N2OS/c1-2-27-17-9-8-16(12-17)24-18(26)19(20(21,22)23)10-11-25(14-19)13-15-6-4-3-5-7-15/h3-7,16-17H,2,8-14H2,1H3,(H,24,26)/t16-,17+,19-/m0/s1. The molecule has 3 atom stereocenters. The molecule has 2 fully saturated rings. The topological polar surface area (TPSA) is 32.3 Å². The van der Waals surface area contributed by atoms with Crippen molar-refractivity contribution in [2.45, 2.75) is 56.6 Å². The lowest BCUT2D eigenvalue weighted by Gasteiger charge is -2.32. The Balaban J connectivity index is 1.66. The first-order chi connectivity index (χ1) is 12.8. The summed E-state index contributed by atoms with van der Waals surface area (Å²) in [6, 6.07) is 9.30. The summed E-state index contributed by atoms with van der Waals surface area (Å²) in [4.78, 5) is 14.5. The first-order valence-electron chi connectivity index (χ1n) is 9.59. The Morgan fingerprint density at radius 3 is 2.70 bits per heavy atom. The second kappa shape index (κ2) is 8.43. The van der Waals surface area contributed by atoms with Crippen molar-refractivity contribution in [1.29, 1.82) is 0 Å². The zero-order valence-corrected chi connectivity index (χ0v) is 16.4. The van der Waals surface area contributed by atoms with Crippen molar-refractivity contribution in [3.8, 4) is 0 Å². The van der Waals surface area contributed by atoms with E-state index in [0.29, 0.717) is 11.8 Å². The minimum absolute atomic E-state index is 0.135. The molecule has 1 saturated carbocycles. The number of hydrogen-bond donors (Lipinski definition) is 1. The quantitative estimate of drug-likeness (QED) is 0.776. The molecule has 3 nitrogen and oxygen atoms in total. The van der Waals surface area contributed by atoms with Crippen molar-refractivity contribution in [1.82, 2.24) is 10.2 Å². The lowest BCUT2D eigenvalue weighted by molar-refractivity contribution is -0.218. The Hall–Kier alpha value is -1.21. The zero-order valence-electron chi connectivity index (χ0n) is 15.6. The molecule has 1 aliphatic carbocycles. The van der Waals surface area contributed by atoms with Crippen LogP contribution in [0.4, 0.5) is 13.2 Å². The molecule has 2 aliphatic rings. The Bertz CT molecular complexity index is 640.